The summed E-state index contributed by atoms with van der Waals surface area (Å²) in [5, 5.41) is 12.9. The molecular formula is C39H45IN8O9. The Labute approximate surface area is 340 Å². The molecule has 17 nitrogen and oxygen atoms in total. The largest absolute Gasteiger partial charge is 0.492 e. The van der Waals surface area contributed by atoms with Gasteiger partial charge in [-0.2, -0.15) is 9.36 Å². The average molecular weight is 897 g/mol. The molecule has 0 spiro atoms. The van der Waals surface area contributed by atoms with Crippen LogP contribution < -0.4 is 31.5 Å². The molecule has 18 heteroatoms. The van der Waals surface area contributed by atoms with Crippen molar-refractivity contribution in [2.24, 2.45) is 0 Å². The molecule has 57 heavy (non-hydrogen) atoms. The maximum atomic E-state index is 12.7. The van der Waals surface area contributed by atoms with E-state index in [1.165, 1.54) is 20.8 Å². The Bertz CT molecular complexity index is 2300. The maximum absolute atomic E-state index is 12.7. The number of amides is 4. The molecule has 2 aliphatic heterocycles. The highest BCUT2D eigenvalue weighted by molar-refractivity contribution is 14.1. The summed E-state index contributed by atoms with van der Waals surface area (Å²) < 4.78 is 23.3. The van der Waals surface area contributed by atoms with Crippen molar-refractivity contribution >= 4 is 57.5 Å². The number of unbranched alkanes of at least 4 members (excludes halogenated alkanes) is 4. The molecule has 2 saturated heterocycles. The molecule has 2 unspecified atom stereocenters. The Balaban J connectivity index is 0.000000199. The highest BCUT2D eigenvalue weighted by atomic mass is 127. The molecule has 4 aromatic heterocycles. The molecule has 2 atom stereocenters. The molecule has 0 bridgehead atoms. The van der Waals surface area contributed by atoms with Gasteiger partial charge in [0, 0.05) is 19.4 Å². The minimum atomic E-state index is -0.784. The lowest BCUT2D eigenvalue weighted by atomic mass is 10.1. The summed E-state index contributed by atoms with van der Waals surface area (Å²) in [5.41, 5.74) is 1.17. The van der Waals surface area contributed by atoms with Crippen LogP contribution in [0.25, 0.3) is 11.3 Å². The van der Waals surface area contributed by atoms with Crippen molar-refractivity contribution < 1.29 is 33.4 Å². The van der Waals surface area contributed by atoms with Gasteiger partial charge in [0.25, 0.3) is 11.8 Å². The summed E-state index contributed by atoms with van der Waals surface area (Å²) >= 11 is 2.35. The molecule has 6 heterocycles. The molecule has 1 aromatic carbocycles. The van der Waals surface area contributed by atoms with Crippen LogP contribution in [-0.2, 0) is 30.5 Å². The molecule has 2 fully saturated rings. The smallest absolute Gasteiger partial charge is 0.351 e. The number of hydrogen-bond acceptors (Lipinski definition) is 11. The lowest BCUT2D eigenvalue weighted by Crippen LogP contribution is -2.44. The molecule has 7 rings (SSSR count). The predicted molar refractivity (Wildman–Crippen MR) is 215 cm³/mol. The first-order valence-electron chi connectivity index (χ1n) is 19.0. The van der Waals surface area contributed by atoms with E-state index in [0.717, 1.165) is 45.9 Å². The molecule has 2 aliphatic rings. The van der Waals surface area contributed by atoms with E-state index in [4.69, 9.17) is 14.2 Å². The number of alkyl halides is 1. The van der Waals surface area contributed by atoms with E-state index in [-0.39, 0.29) is 37.5 Å². The fourth-order valence-corrected chi connectivity index (χ4v) is 6.89. The zero-order chi connectivity index (χ0) is 40.1. The first-order valence-corrected chi connectivity index (χ1v) is 20.6. The van der Waals surface area contributed by atoms with Crippen LogP contribution in [0, 0.1) is 0 Å². The van der Waals surface area contributed by atoms with Gasteiger partial charge in [0.05, 0.1) is 32.2 Å². The molecule has 5 aromatic rings. The summed E-state index contributed by atoms with van der Waals surface area (Å²) in [4.78, 5) is 71.9. The second-order valence-corrected chi connectivity index (χ2v) is 14.7. The molecule has 0 aliphatic carbocycles. The third kappa shape index (κ3) is 10.9. The number of piperidine rings is 2. The highest BCUT2D eigenvalue weighted by Gasteiger charge is 2.32. The average Bonchev–Trinajstić information content (AvgIpc) is 3.71. The van der Waals surface area contributed by atoms with Crippen molar-refractivity contribution in [1.82, 2.24) is 39.0 Å². The second-order valence-electron chi connectivity index (χ2n) is 13.6. The van der Waals surface area contributed by atoms with E-state index < -0.39 is 35.3 Å². The number of benzene rings is 1. The molecule has 4 amide bonds. The summed E-state index contributed by atoms with van der Waals surface area (Å²) in [6, 6.07) is 15.4. The van der Waals surface area contributed by atoms with Gasteiger partial charge < -0.3 is 14.2 Å². The van der Waals surface area contributed by atoms with Crippen LogP contribution >= 0.6 is 22.6 Å². The van der Waals surface area contributed by atoms with Gasteiger partial charge in [0.2, 0.25) is 11.8 Å². The fraction of sp³-hybridized carbons (Fsp3) is 0.436. The van der Waals surface area contributed by atoms with Crippen LogP contribution in [0.3, 0.4) is 0 Å². The second kappa shape index (κ2) is 20.2. The lowest BCUT2D eigenvalue weighted by molar-refractivity contribution is -0.137. The first-order chi connectivity index (χ1) is 27.7. The number of carbonyl (C=O) groups excluding carboxylic acids is 4. The van der Waals surface area contributed by atoms with Crippen molar-refractivity contribution in [2.75, 3.05) is 24.2 Å². The van der Waals surface area contributed by atoms with E-state index in [0.29, 0.717) is 49.2 Å². The van der Waals surface area contributed by atoms with E-state index >= 15 is 0 Å². The Morgan fingerprint density at radius 2 is 1.11 bits per heavy atom. The van der Waals surface area contributed by atoms with E-state index in [9.17, 15) is 28.8 Å². The lowest BCUT2D eigenvalue weighted by Gasteiger charge is -2.19. The SMILES string of the molecule is O=C1CCC(n2nc3ccc(OCCCCCI)cn3c2=O)C(=O)N1.O=C1CCC(n2nc3ccc(OCCCCCOCc4ccccc4)cn3c2=O)C(=O)N1. The van der Waals surface area contributed by atoms with Crippen LogP contribution in [0.4, 0.5) is 0 Å². The van der Waals surface area contributed by atoms with Crippen molar-refractivity contribution in [2.45, 2.75) is 82.9 Å². The quantitative estimate of drug-likeness (QED) is 0.0598. The Hall–Kier alpha value is -5.37. The van der Waals surface area contributed by atoms with Crippen LogP contribution in [0.5, 0.6) is 11.5 Å². The summed E-state index contributed by atoms with van der Waals surface area (Å²) in [6.45, 7) is 2.45. The minimum Gasteiger partial charge on any atom is -0.492 e. The van der Waals surface area contributed by atoms with Crippen molar-refractivity contribution in [1.29, 1.82) is 0 Å². The fourth-order valence-electron chi connectivity index (χ4n) is 6.35. The Morgan fingerprint density at radius 1 is 0.614 bits per heavy atom. The van der Waals surface area contributed by atoms with Crippen LogP contribution in [0.2, 0.25) is 0 Å². The zero-order valence-electron chi connectivity index (χ0n) is 31.3. The molecule has 302 valence electrons. The number of nitrogens with zero attached hydrogens (tertiary/aromatic N) is 6. The first kappa shape index (κ1) is 41.3. The topological polar surface area (TPSA) is 199 Å². The monoisotopic (exact) mass is 896 g/mol. The van der Waals surface area contributed by atoms with E-state index in [2.05, 4.69) is 43.4 Å². The number of ether oxygens (including phenoxy) is 3. The van der Waals surface area contributed by atoms with Gasteiger partial charge in [-0.25, -0.2) is 18.4 Å². The van der Waals surface area contributed by atoms with Crippen molar-refractivity contribution in [3.63, 3.8) is 0 Å². The zero-order valence-corrected chi connectivity index (χ0v) is 33.5. The number of nitrogens with one attached hydrogen (secondary N) is 2. The minimum absolute atomic E-state index is 0.183. The van der Waals surface area contributed by atoms with Gasteiger partial charge in [-0.05, 0) is 85.6 Å². The molecule has 0 radical (unpaired) electrons. The van der Waals surface area contributed by atoms with Gasteiger partial charge in [0.15, 0.2) is 11.3 Å². The number of halogens is 1. The number of rotatable bonds is 17. The van der Waals surface area contributed by atoms with Crippen LogP contribution in [0.15, 0.2) is 76.6 Å². The van der Waals surface area contributed by atoms with Crippen LogP contribution in [-0.4, -0.2) is 76.2 Å². The Morgan fingerprint density at radius 3 is 1.60 bits per heavy atom. The summed E-state index contributed by atoms with van der Waals surface area (Å²) in [7, 11) is 0. The van der Waals surface area contributed by atoms with Gasteiger partial charge in [-0.3, -0.25) is 29.8 Å². The number of imide groups is 2. The molecule has 0 saturated carbocycles. The number of carbonyl (C=O) groups is 4. The normalized spacial score (nSPS) is 16.9. The van der Waals surface area contributed by atoms with E-state index in [1.807, 2.05) is 30.3 Å². The predicted octanol–water partition coefficient (Wildman–Crippen LogP) is 3.70. The third-order valence-electron chi connectivity index (χ3n) is 9.39. The number of fused-ring (bicyclic) bond motifs is 2. The highest BCUT2D eigenvalue weighted by Crippen LogP contribution is 2.19. The number of hydrogen-bond donors (Lipinski definition) is 2. The molecular weight excluding hydrogens is 851 g/mol. The van der Waals surface area contributed by atoms with E-state index in [1.54, 1.807) is 36.7 Å². The van der Waals surface area contributed by atoms with Crippen LogP contribution in [0.1, 0.15) is 81.9 Å². The van der Waals surface area contributed by atoms with Gasteiger partial charge in [-0.15, -0.1) is 10.2 Å². The summed E-state index contributed by atoms with van der Waals surface area (Å²) in [5.74, 6) is -0.503. The third-order valence-corrected chi connectivity index (χ3v) is 10.2. The van der Waals surface area contributed by atoms with Crippen molar-refractivity contribution in [3.05, 3.63) is 93.5 Å². The number of pyridine rings is 2. The number of aromatic nitrogens is 6. The van der Waals surface area contributed by atoms with Gasteiger partial charge >= 0.3 is 11.4 Å². The van der Waals surface area contributed by atoms with Gasteiger partial charge in [-0.1, -0.05) is 52.9 Å². The van der Waals surface area contributed by atoms with Crippen molar-refractivity contribution in [3.8, 4) is 11.5 Å². The molecule has 2 N–H and O–H groups in total. The standard InChI is InChI=1S/C23H26N4O5.C16H19IN4O4/c28-21-12-10-19(22(29)24-21)27-23(30)26-15-18(9-11-20(26)25-27)32-14-6-2-5-13-31-16-17-7-3-1-4-8-17;17-8-2-1-3-9-25-11-4-6-13-19-21(16(24)20(13)10-11)12-5-7-14(22)18-15(12)23/h1,3-4,7-9,11,15,19H,2,5-6,10,12-14,16H2,(H,24,28,29);4,6,10,12H,1-3,5,7-9H2,(H,18,22,23). The summed E-state index contributed by atoms with van der Waals surface area (Å²) in [6.07, 6.45) is 10.1. The maximum Gasteiger partial charge on any atom is 0.351 e. The van der Waals surface area contributed by atoms with Gasteiger partial charge in [0.1, 0.15) is 23.6 Å². The Kier molecular flexibility index (Phi) is 14.6.